The zero-order valence-corrected chi connectivity index (χ0v) is 13.6. The van der Waals surface area contributed by atoms with Crippen molar-refractivity contribution in [2.45, 2.75) is 32.3 Å². The molecule has 1 unspecified atom stereocenters. The monoisotopic (exact) mass is 309 g/mol. The van der Waals surface area contributed by atoms with Gasteiger partial charge in [-0.3, -0.25) is 4.90 Å². The van der Waals surface area contributed by atoms with Gasteiger partial charge in [0, 0.05) is 18.2 Å². The van der Waals surface area contributed by atoms with Gasteiger partial charge in [-0.05, 0) is 49.9 Å². The fourth-order valence-corrected chi connectivity index (χ4v) is 3.65. The van der Waals surface area contributed by atoms with Crippen molar-refractivity contribution in [2.75, 3.05) is 19.6 Å². The molecule has 0 N–H and O–H groups in total. The molecular formula is C19H23N3O. The number of rotatable bonds is 4. The summed E-state index contributed by atoms with van der Waals surface area (Å²) in [5.41, 5.74) is 3.34. The summed E-state index contributed by atoms with van der Waals surface area (Å²) in [6.45, 7) is 5.65. The molecule has 0 spiro atoms. The topological polar surface area (TPSA) is 38.2 Å². The molecular weight excluding hydrogens is 286 g/mol. The van der Waals surface area contributed by atoms with Gasteiger partial charge in [-0.15, -0.1) is 10.2 Å². The summed E-state index contributed by atoms with van der Waals surface area (Å²) in [6.07, 6.45) is 3.83. The van der Waals surface area contributed by atoms with Crippen molar-refractivity contribution in [1.29, 1.82) is 0 Å². The predicted octanol–water partition coefficient (Wildman–Crippen LogP) is 3.18. The van der Waals surface area contributed by atoms with E-state index < -0.39 is 0 Å². The number of piperidine rings is 3. The molecule has 1 atom stereocenters. The van der Waals surface area contributed by atoms with E-state index in [9.17, 15) is 0 Å². The highest BCUT2D eigenvalue weighted by molar-refractivity contribution is 5.58. The van der Waals surface area contributed by atoms with Crippen molar-refractivity contribution in [3.8, 4) is 17.1 Å². The quantitative estimate of drug-likeness (QED) is 0.869. The molecule has 0 saturated carbocycles. The number of hydrogen-bond donors (Lipinski definition) is 0. The first kappa shape index (κ1) is 14.6. The maximum atomic E-state index is 6.10. The van der Waals surface area contributed by atoms with E-state index in [1.807, 2.05) is 12.1 Å². The molecule has 0 amide bonds. The van der Waals surface area contributed by atoms with Gasteiger partial charge in [-0.1, -0.05) is 31.2 Å². The smallest absolute Gasteiger partial charge is 0.233 e. The van der Waals surface area contributed by atoms with Gasteiger partial charge in [0.15, 0.2) is 0 Å². The SMILES string of the molecule is CCc1ccc(-c2ccc(OC3CN4CCC3CC4)nn2)cc1. The highest BCUT2D eigenvalue weighted by atomic mass is 16.5. The van der Waals surface area contributed by atoms with Crippen molar-refractivity contribution >= 4 is 0 Å². The van der Waals surface area contributed by atoms with Crippen molar-refractivity contribution in [3.05, 3.63) is 42.0 Å². The van der Waals surface area contributed by atoms with Crippen LogP contribution in [0.25, 0.3) is 11.3 Å². The Labute approximate surface area is 137 Å². The molecule has 4 heteroatoms. The Balaban J connectivity index is 1.45. The van der Waals surface area contributed by atoms with E-state index in [2.05, 4.69) is 46.3 Å². The Morgan fingerprint density at radius 2 is 1.83 bits per heavy atom. The van der Waals surface area contributed by atoms with Gasteiger partial charge >= 0.3 is 0 Å². The average molecular weight is 309 g/mol. The molecule has 2 bridgehead atoms. The normalized spacial score (nSPS) is 26.2. The highest BCUT2D eigenvalue weighted by Crippen LogP contribution is 2.30. The van der Waals surface area contributed by atoms with Gasteiger partial charge in [0.05, 0.1) is 5.69 Å². The number of aryl methyl sites for hydroxylation is 1. The largest absolute Gasteiger partial charge is 0.472 e. The molecule has 4 nitrogen and oxygen atoms in total. The maximum absolute atomic E-state index is 6.10. The minimum atomic E-state index is 0.279. The van der Waals surface area contributed by atoms with Crippen LogP contribution in [0.3, 0.4) is 0 Å². The van der Waals surface area contributed by atoms with Crippen LogP contribution in [0.15, 0.2) is 36.4 Å². The van der Waals surface area contributed by atoms with Crippen molar-refractivity contribution in [2.24, 2.45) is 5.92 Å². The van der Waals surface area contributed by atoms with Gasteiger partial charge in [0.25, 0.3) is 0 Å². The molecule has 4 heterocycles. The van der Waals surface area contributed by atoms with Crippen LogP contribution in [0.4, 0.5) is 0 Å². The van der Waals surface area contributed by atoms with Crippen LogP contribution in [-0.2, 0) is 6.42 Å². The third-order valence-electron chi connectivity index (χ3n) is 5.17. The number of nitrogens with zero attached hydrogens (tertiary/aromatic N) is 3. The molecule has 3 aliphatic heterocycles. The van der Waals surface area contributed by atoms with E-state index in [-0.39, 0.29) is 6.10 Å². The number of fused-ring (bicyclic) bond motifs is 3. The number of hydrogen-bond acceptors (Lipinski definition) is 4. The van der Waals surface area contributed by atoms with E-state index in [4.69, 9.17) is 4.74 Å². The molecule has 0 aliphatic carbocycles. The molecule has 1 aromatic carbocycles. The Bertz CT molecular complexity index is 645. The van der Waals surface area contributed by atoms with Crippen LogP contribution in [-0.4, -0.2) is 40.8 Å². The van der Waals surface area contributed by atoms with Crippen LogP contribution < -0.4 is 4.74 Å². The number of ether oxygens (including phenoxy) is 1. The lowest BCUT2D eigenvalue weighted by Gasteiger charge is -2.44. The lowest BCUT2D eigenvalue weighted by Crippen LogP contribution is -2.52. The zero-order chi connectivity index (χ0) is 15.6. The van der Waals surface area contributed by atoms with E-state index in [0.717, 1.165) is 24.2 Å². The van der Waals surface area contributed by atoms with Gasteiger partial charge < -0.3 is 4.74 Å². The summed E-state index contributed by atoms with van der Waals surface area (Å²) >= 11 is 0. The lowest BCUT2D eigenvalue weighted by atomic mass is 9.86. The second-order valence-corrected chi connectivity index (χ2v) is 6.60. The fraction of sp³-hybridized carbons (Fsp3) is 0.474. The first-order valence-corrected chi connectivity index (χ1v) is 8.64. The number of benzene rings is 1. The minimum Gasteiger partial charge on any atom is -0.472 e. The first-order chi connectivity index (χ1) is 11.3. The second kappa shape index (κ2) is 6.28. The minimum absolute atomic E-state index is 0.279. The molecule has 23 heavy (non-hydrogen) atoms. The average Bonchev–Trinajstić information content (AvgIpc) is 2.63. The summed E-state index contributed by atoms with van der Waals surface area (Å²) < 4.78 is 6.10. The summed E-state index contributed by atoms with van der Waals surface area (Å²) in [4.78, 5) is 2.49. The Morgan fingerprint density at radius 3 is 2.39 bits per heavy atom. The van der Waals surface area contributed by atoms with Crippen molar-refractivity contribution in [3.63, 3.8) is 0 Å². The standard InChI is InChI=1S/C19H23N3O/c1-2-14-3-5-15(6-4-14)17-7-8-19(21-20-17)23-18-13-22-11-9-16(18)10-12-22/h3-8,16,18H,2,9-13H2,1H3. The maximum Gasteiger partial charge on any atom is 0.233 e. The summed E-state index contributed by atoms with van der Waals surface area (Å²) in [5, 5.41) is 8.63. The third-order valence-corrected chi connectivity index (χ3v) is 5.17. The van der Waals surface area contributed by atoms with Gasteiger partial charge in [0.2, 0.25) is 5.88 Å². The van der Waals surface area contributed by atoms with Crippen molar-refractivity contribution in [1.82, 2.24) is 15.1 Å². The molecule has 120 valence electrons. The van der Waals surface area contributed by atoms with Gasteiger partial charge in [0.1, 0.15) is 6.10 Å². The Kier molecular flexibility index (Phi) is 4.00. The molecule has 3 fully saturated rings. The van der Waals surface area contributed by atoms with E-state index >= 15 is 0 Å². The van der Waals surface area contributed by atoms with E-state index in [0.29, 0.717) is 11.8 Å². The third kappa shape index (κ3) is 3.08. The molecule has 0 radical (unpaired) electrons. The van der Waals surface area contributed by atoms with Gasteiger partial charge in [-0.25, -0.2) is 0 Å². The Hall–Kier alpha value is -1.94. The van der Waals surface area contributed by atoms with Crippen LogP contribution in [0, 0.1) is 5.92 Å². The summed E-state index contributed by atoms with van der Waals surface area (Å²) in [7, 11) is 0. The van der Waals surface area contributed by atoms with Crippen LogP contribution >= 0.6 is 0 Å². The highest BCUT2D eigenvalue weighted by Gasteiger charge is 2.35. The van der Waals surface area contributed by atoms with Crippen LogP contribution in [0.1, 0.15) is 25.3 Å². The molecule has 5 rings (SSSR count). The second-order valence-electron chi connectivity index (χ2n) is 6.60. The molecule has 2 aromatic rings. The van der Waals surface area contributed by atoms with Gasteiger partial charge in [-0.2, -0.15) is 0 Å². The Morgan fingerprint density at radius 1 is 1.04 bits per heavy atom. The summed E-state index contributed by atoms with van der Waals surface area (Å²) in [6, 6.07) is 12.5. The van der Waals surface area contributed by atoms with E-state index in [1.54, 1.807) is 0 Å². The molecule has 3 aliphatic rings. The van der Waals surface area contributed by atoms with Crippen molar-refractivity contribution < 1.29 is 4.74 Å². The lowest BCUT2D eigenvalue weighted by molar-refractivity contribution is -0.0103. The number of aromatic nitrogens is 2. The molecule has 1 aromatic heterocycles. The van der Waals surface area contributed by atoms with Crippen LogP contribution in [0.5, 0.6) is 5.88 Å². The predicted molar refractivity (Wildman–Crippen MR) is 90.4 cm³/mol. The molecule has 3 saturated heterocycles. The first-order valence-electron chi connectivity index (χ1n) is 8.64. The zero-order valence-electron chi connectivity index (χ0n) is 13.6. The van der Waals surface area contributed by atoms with Crippen LogP contribution in [0.2, 0.25) is 0 Å². The van der Waals surface area contributed by atoms with E-state index in [1.165, 1.54) is 31.5 Å². The fourth-order valence-electron chi connectivity index (χ4n) is 3.65. The summed E-state index contributed by atoms with van der Waals surface area (Å²) in [5.74, 6) is 1.33.